The van der Waals surface area contributed by atoms with Crippen LogP contribution in [0.25, 0.3) is 10.9 Å². The van der Waals surface area contributed by atoms with Gasteiger partial charge in [-0.1, -0.05) is 18.2 Å². The lowest BCUT2D eigenvalue weighted by atomic mass is 10.1. The van der Waals surface area contributed by atoms with Gasteiger partial charge in [0.25, 0.3) is 0 Å². The van der Waals surface area contributed by atoms with Crippen LogP contribution >= 0.6 is 0 Å². The zero-order valence-electron chi connectivity index (χ0n) is 17.6. The minimum Gasteiger partial charge on any atom is -0.454 e. The quantitative estimate of drug-likeness (QED) is 0.706. The third-order valence-corrected chi connectivity index (χ3v) is 6.07. The monoisotopic (exact) mass is 404 g/mol. The lowest BCUT2D eigenvalue weighted by Crippen LogP contribution is -2.31. The number of fused-ring (bicyclic) bond motifs is 2. The van der Waals surface area contributed by atoms with E-state index >= 15 is 0 Å². The fourth-order valence-corrected chi connectivity index (χ4v) is 4.34. The average Bonchev–Trinajstić information content (AvgIpc) is 3.08. The predicted molar refractivity (Wildman–Crippen MR) is 118 cm³/mol. The molecule has 2 aromatic carbocycles. The van der Waals surface area contributed by atoms with E-state index in [1.54, 1.807) is 0 Å². The Morgan fingerprint density at radius 3 is 2.83 bits per heavy atom. The number of hydrogen-bond acceptors (Lipinski definition) is 6. The largest absolute Gasteiger partial charge is 0.454 e. The topological polar surface area (TPSA) is 59.5 Å². The van der Waals surface area contributed by atoms with Gasteiger partial charge < -0.3 is 19.7 Å². The molecule has 0 amide bonds. The van der Waals surface area contributed by atoms with Crippen LogP contribution in [0, 0.1) is 13.8 Å². The van der Waals surface area contributed by atoms with E-state index in [0.717, 1.165) is 72.9 Å². The summed E-state index contributed by atoms with van der Waals surface area (Å²) < 4.78 is 10.9. The minimum absolute atomic E-state index is 0.320. The molecule has 6 heteroatoms. The molecule has 0 radical (unpaired) electrons. The van der Waals surface area contributed by atoms with E-state index in [1.165, 1.54) is 11.1 Å². The molecule has 156 valence electrons. The highest BCUT2D eigenvalue weighted by Gasteiger charge is 2.20. The number of ether oxygens (including phenoxy) is 2. The van der Waals surface area contributed by atoms with Gasteiger partial charge in [-0.25, -0.2) is 9.97 Å². The smallest absolute Gasteiger partial charge is 0.231 e. The summed E-state index contributed by atoms with van der Waals surface area (Å²) in [7, 11) is 0. The van der Waals surface area contributed by atoms with Crippen molar-refractivity contribution in [2.75, 3.05) is 24.8 Å². The maximum absolute atomic E-state index is 5.49. The van der Waals surface area contributed by atoms with Crippen molar-refractivity contribution in [3.63, 3.8) is 0 Å². The van der Waals surface area contributed by atoms with Crippen LogP contribution in [-0.4, -0.2) is 35.9 Å². The van der Waals surface area contributed by atoms with Gasteiger partial charge in [-0.2, -0.15) is 0 Å². The molecule has 1 unspecified atom stereocenters. The molecule has 30 heavy (non-hydrogen) atoms. The first-order valence-electron chi connectivity index (χ1n) is 10.8. The summed E-state index contributed by atoms with van der Waals surface area (Å²) in [5.74, 6) is 2.55. The Balaban J connectivity index is 1.24. The van der Waals surface area contributed by atoms with Gasteiger partial charge in [-0.05, 0) is 62.4 Å². The maximum Gasteiger partial charge on any atom is 0.231 e. The summed E-state index contributed by atoms with van der Waals surface area (Å²) in [6.07, 6.45) is 3.37. The highest BCUT2D eigenvalue weighted by atomic mass is 16.7. The second kappa shape index (κ2) is 8.11. The van der Waals surface area contributed by atoms with E-state index < -0.39 is 0 Å². The van der Waals surface area contributed by atoms with Crippen molar-refractivity contribution in [2.24, 2.45) is 0 Å². The van der Waals surface area contributed by atoms with Crippen molar-refractivity contribution in [1.29, 1.82) is 0 Å². The van der Waals surface area contributed by atoms with Gasteiger partial charge in [-0.15, -0.1) is 0 Å². The highest BCUT2D eigenvalue weighted by Crippen LogP contribution is 2.32. The molecule has 3 heterocycles. The summed E-state index contributed by atoms with van der Waals surface area (Å²) >= 11 is 0. The molecule has 1 aromatic heterocycles. The molecular formula is C24H28N4O2. The first-order chi connectivity index (χ1) is 14.7. The van der Waals surface area contributed by atoms with Crippen molar-refractivity contribution >= 4 is 16.9 Å². The van der Waals surface area contributed by atoms with Crippen molar-refractivity contribution in [2.45, 2.75) is 45.7 Å². The number of rotatable bonds is 4. The van der Waals surface area contributed by atoms with Crippen LogP contribution in [0.4, 0.5) is 5.95 Å². The molecule has 3 aromatic rings. The normalized spacial score (nSPS) is 18.6. The van der Waals surface area contributed by atoms with Crippen LogP contribution in [0.15, 0.2) is 36.4 Å². The maximum atomic E-state index is 5.49. The van der Waals surface area contributed by atoms with E-state index in [4.69, 9.17) is 19.4 Å². The van der Waals surface area contributed by atoms with Crippen LogP contribution in [0.3, 0.4) is 0 Å². The van der Waals surface area contributed by atoms with Crippen molar-refractivity contribution in [1.82, 2.24) is 15.3 Å². The first kappa shape index (κ1) is 19.1. The zero-order chi connectivity index (χ0) is 20.5. The van der Waals surface area contributed by atoms with Gasteiger partial charge >= 0.3 is 0 Å². The molecule has 5 rings (SSSR count). The molecule has 2 aliphatic heterocycles. The van der Waals surface area contributed by atoms with Gasteiger partial charge in [0.2, 0.25) is 12.7 Å². The molecule has 1 fully saturated rings. The zero-order valence-corrected chi connectivity index (χ0v) is 17.6. The van der Waals surface area contributed by atoms with Crippen molar-refractivity contribution < 1.29 is 9.47 Å². The third-order valence-electron chi connectivity index (χ3n) is 6.07. The fourth-order valence-electron chi connectivity index (χ4n) is 4.34. The Morgan fingerprint density at radius 1 is 1.00 bits per heavy atom. The van der Waals surface area contributed by atoms with Crippen molar-refractivity contribution in [3.05, 3.63) is 53.2 Å². The Hall–Kier alpha value is -2.86. The lowest BCUT2D eigenvalue weighted by Gasteiger charge is -2.22. The van der Waals surface area contributed by atoms with E-state index in [2.05, 4.69) is 54.4 Å². The molecule has 0 bridgehead atoms. The molecule has 2 aliphatic rings. The van der Waals surface area contributed by atoms with Crippen LogP contribution in [-0.2, 0) is 6.54 Å². The summed E-state index contributed by atoms with van der Waals surface area (Å²) in [5, 5.41) is 4.87. The standard InChI is InChI=1S/C24H28N4O2/c1-16-5-7-20-17(2)26-24(27-21(20)12-16)28-10-3-4-19(9-11-28)25-14-18-6-8-22-23(13-18)30-15-29-22/h5-8,12-13,19,25H,3-4,9-11,14-15H2,1-2H3. The molecule has 0 spiro atoms. The second-order valence-electron chi connectivity index (χ2n) is 8.31. The van der Waals surface area contributed by atoms with E-state index in [0.29, 0.717) is 12.8 Å². The number of hydrogen-bond donors (Lipinski definition) is 1. The molecule has 6 nitrogen and oxygen atoms in total. The Bertz CT molecular complexity index is 1070. The Labute approximate surface area is 177 Å². The molecule has 1 N–H and O–H groups in total. The molecule has 0 aliphatic carbocycles. The summed E-state index contributed by atoms with van der Waals surface area (Å²) in [4.78, 5) is 12.0. The van der Waals surface area contributed by atoms with Crippen LogP contribution in [0.1, 0.15) is 36.1 Å². The number of nitrogens with zero attached hydrogens (tertiary/aromatic N) is 3. The number of anilines is 1. The van der Waals surface area contributed by atoms with Gasteiger partial charge in [0.15, 0.2) is 11.5 Å². The number of aryl methyl sites for hydroxylation is 2. The molecular weight excluding hydrogens is 376 g/mol. The lowest BCUT2D eigenvalue weighted by molar-refractivity contribution is 0.174. The SMILES string of the molecule is Cc1ccc2c(C)nc(N3CCCC(NCc4ccc5c(c4)OCO5)CC3)nc2c1. The molecule has 1 atom stereocenters. The van der Waals surface area contributed by atoms with Gasteiger partial charge in [0.1, 0.15) is 0 Å². The molecule has 1 saturated heterocycles. The number of aromatic nitrogens is 2. The minimum atomic E-state index is 0.320. The van der Waals surface area contributed by atoms with Crippen LogP contribution in [0.2, 0.25) is 0 Å². The van der Waals surface area contributed by atoms with Gasteiger partial charge in [0, 0.05) is 31.1 Å². The van der Waals surface area contributed by atoms with E-state index in [-0.39, 0.29) is 0 Å². The Kier molecular flexibility index (Phi) is 5.17. The van der Waals surface area contributed by atoms with E-state index in [1.807, 2.05) is 6.07 Å². The second-order valence-corrected chi connectivity index (χ2v) is 8.31. The van der Waals surface area contributed by atoms with Crippen LogP contribution in [0.5, 0.6) is 11.5 Å². The fraction of sp³-hybridized carbons (Fsp3) is 0.417. The highest BCUT2D eigenvalue weighted by molar-refractivity contribution is 5.82. The molecule has 0 saturated carbocycles. The summed E-state index contributed by atoms with van der Waals surface area (Å²) in [6, 6.07) is 13.1. The van der Waals surface area contributed by atoms with Gasteiger partial charge in [-0.3, -0.25) is 0 Å². The predicted octanol–water partition coefficient (Wildman–Crippen LogP) is 4.12. The van der Waals surface area contributed by atoms with Gasteiger partial charge in [0.05, 0.1) is 11.2 Å². The first-order valence-corrected chi connectivity index (χ1v) is 10.8. The van der Waals surface area contributed by atoms with Crippen LogP contribution < -0.4 is 19.7 Å². The number of nitrogens with one attached hydrogen (secondary N) is 1. The average molecular weight is 405 g/mol. The summed E-state index contributed by atoms with van der Waals surface area (Å²) in [6.45, 7) is 7.32. The van der Waals surface area contributed by atoms with Crippen molar-refractivity contribution in [3.8, 4) is 11.5 Å². The Morgan fingerprint density at radius 2 is 1.90 bits per heavy atom. The summed E-state index contributed by atoms with van der Waals surface area (Å²) in [5.41, 5.74) is 4.55. The third kappa shape index (κ3) is 3.92. The van der Waals surface area contributed by atoms with E-state index in [9.17, 15) is 0 Å². The number of benzene rings is 2.